The Kier molecular flexibility index (Phi) is 7.52. The van der Waals surface area contributed by atoms with E-state index in [1.807, 2.05) is 12.1 Å². The van der Waals surface area contributed by atoms with E-state index in [0.29, 0.717) is 19.5 Å². The van der Waals surface area contributed by atoms with Gasteiger partial charge in [0.15, 0.2) is 5.96 Å². The van der Waals surface area contributed by atoms with Gasteiger partial charge in [-0.05, 0) is 18.6 Å². The molecule has 0 unspecified atom stereocenters. The summed E-state index contributed by atoms with van der Waals surface area (Å²) in [5.41, 5.74) is 1.17. The molecular weight excluding hydrogens is 354 g/mol. The Balaban J connectivity index is 1.78. The number of anilines is 1. The molecule has 0 saturated carbocycles. The van der Waals surface area contributed by atoms with E-state index in [2.05, 4.69) is 37.0 Å². The Bertz CT molecular complexity index is 700. The summed E-state index contributed by atoms with van der Waals surface area (Å²) >= 11 is 0. The van der Waals surface area contributed by atoms with E-state index < -0.39 is 10.0 Å². The molecule has 1 aliphatic rings. The smallest absolute Gasteiger partial charge is 0.208 e. The first-order valence-corrected chi connectivity index (χ1v) is 10.6. The molecule has 1 fully saturated rings. The minimum absolute atomic E-state index is 0.423. The van der Waals surface area contributed by atoms with Crippen molar-refractivity contribution in [1.82, 2.24) is 14.9 Å². The van der Waals surface area contributed by atoms with Gasteiger partial charge in [-0.3, -0.25) is 4.99 Å². The predicted molar refractivity (Wildman–Crippen MR) is 106 cm³/mol. The number of nitrogens with zero attached hydrogens (tertiary/aromatic N) is 3. The van der Waals surface area contributed by atoms with Gasteiger partial charge in [-0.2, -0.15) is 0 Å². The van der Waals surface area contributed by atoms with Crippen LogP contribution >= 0.6 is 0 Å². The molecule has 2 N–H and O–H groups in total. The van der Waals surface area contributed by atoms with Gasteiger partial charge in [0.05, 0.1) is 13.4 Å². The summed E-state index contributed by atoms with van der Waals surface area (Å²) in [5, 5.41) is 3.30. The molecule has 146 valence electrons. The molecule has 8 nitrogen and oxygen atoms in total. The lowest BCUT2D eigenvalue weighted by molar-refractivity contribution is 0.372. The van der Waals surface area contributed by atoms with Crippen molar-refractivity contribution in [2.75, 3.05) is 64.6 Å². The van der Waals surface area contributed by atoms with Crippen LogP contribution in [0.4, 0.5) is 5.69 Å². The number of aliphatic imine (C=N–C) groups is 1. The summed E-state index contributed by atoms with van der Waals surface area (Å²) in [4.78, 5) is 8.90. The standard InChI is InChI=1S/C17H29N5O3S/c1-18-17(19-8-5-9-20-26(3,23)24)22-12-10-21(11-13-22)15-6-4-7-16(14-15)25-2/h4,6-7,14,20H,5,8-13H2,1-3H3,(H,18,19). The molecule has 1 aliphatic heterocycles. The maximum Gasteiger partial charge on any atom is 0.208 e. The number of hydrogen-bond donors (Lipinski definition) is 2. The Hall–Kier alpha value is -2.00. The van der Waals surface area contributed by atoms with Gasteiger partial charge >= 0.3 is 0 Å². The van der Waals surface area contributed by atoms with Crippen LogP contribution in [0.15, 0.2) is 29.3 Å². The van der Waals surface area contributed by atoms with Crippen molar-refractivity contribution >= 4 is 21.7 Å². The predicted octanol–water partition coefficient (Wildman–Crippen LogP) is 0.332. The Morgan fingerprint density at radius 2 is 1.96 bits per heavy atom. The SMILES string of the molecule is CN=C(NCCCNS(C)(=O)=O)N1CCN(c2cccc(OC)c2)CC1. The number of rotatable bonds is 7. The maximum absolute atomic E-state index is 11.0. The summed E-state index contributed by atoms with van der Waals surface area (Å²) < 4.78 is 29.9. The summed E-state index contributed by atoms with van der Waals surface area (Å²) in [7, 11) is 0.327. The van der Waals surface area contributed by atoms with Crippen LogP contribution in [0.1, 0.15) is 6.42 Å². The van der Waals surface area contributed by atoms with Crippen LogP contribution < -0.4 is 19.7 Å². The lowest BCUT2D eigenvalue weighted by atomic mass is 10.2. The third kappa shape index (κ3) is 6.38. The number of nitrogens with one attached hydrogen (secondary N) is 2. The van der Waals surface area contributed by atoms with Crippen LogP contribution in [0.3, 0.4) is 0 Å². The van der Waals surface area contributed by atoms with Gasteiger partial charge < -0.3 is 19.9 Å². The van der Waals surface area contributed by atoms with Gasteiger partial charge in [-0.15, -0.1) is 0 Å². The molecule has 1 heterocycles. The first-order valence-electron chi connectivity index (χ1n) is 8.72. The summed E-state index contributed by atoms with van der Waals surface area (Å²) in [6, 6.07) is 8.10. The van der Waals surface area contributed by atoms with Crippen molar-refractivity contribution in [3.05, 3.63) is 24.3 Å². The van der Waals surface area contributed by atoms with Crippen molar-refractivity contribution in [2.45, 2.75) is 6.42 Å². The third-order valence-electron chi connectivity index (χ3n) is 4.21. The van der Waals surface area contributed by atoms with Crippen molar-refractivity contribution in [3.63, 3.8) is 0 Å². The molecule has 0 bridgehead atoms. The number of methoxy groups -OCH3 is 1. The molecular formula is C17H29N5O3S. The van der Waals surface area contributed by atoms with E-state index in [4.69, 9.17) is 4.74 Å². The second-order valence-electron chi connectivity index (χ2n) is 6.17. The number of sulfonamides is 1. The Morgan fingerprint density at radius 1 is 1.23 bits per heavy atom. The average Bonchev–Trinajstić information content (AvgIpc) is 2.64. The second-order valence-corrected chi connectivity index (χ2v) is 8.00. The molecule has 0 amide bonds. The van der Waals surface area contributed by atoms with Crippen molar-refractivity contribution in [1.29, 1.82) is 0 Å². The van der Waals surface area contributed by atoms with Gasteiger partial charge in [-0.25, -0.2) is 13.1 Å². The number of piperazine rings is 1. The normalized spacial score (nSPS) is 15.9. The molecule has 0 atom stereocenters. The van der Waals surface area contributed by atoms with Gasteiger partial charge in [0, 0.05) is 58.1 Å². The topological polar surface area (TPSA) is 86.3 Å². The lowest BCUT2D eigenvalue weighted by Gasteiger charge is -2.37. The van der Waals surface area contributed by atoms with E-state index in [0.717, 1.165) is 37.9 Å². The van der Waals surface area contributed by atoms with E-state index in [1.165, 1.54) is 11.9 Å². The van der Waals surface area contributed by atoms with Crippen LogP contribution in [0.25, 0.3) is 0 Å². The first kappa shape index (κ1) is 20.3. The van der Waals surface area contributed by atoms with Crippen molar-refractivity contribution in [3.8, 4) is 5.75 Å². The average molecular weight is 384 g/mol. The summed E-state index contributed by atoms with van der Waals surface area (Å²) in [5.74, 6) is 1.72. The number of benzene rings is 1. The zero-order valence-corrected chi connectivity index (χ0v) is 16.6. The minimum Gasteiger partial charge on any atom is -0.497 e. The quantitative estimate of drug-likeness (QED) is 0.401. The minimum atomic E-state index is -3.12. The van der Waals surface area contributed by atoms with E-state index in [1.54, 1.807) is 14.2 Å². The fourth-order valence-electron chi connectivity index (χ4n) is 2.86. The third-order valence-corrected chi connectivity index (χ3v) is 4.94. The molecule has 0 aromatic heterocycles. The maximum atomic E-state index is 11.0. The van der Waals surface area contributed by atoms with Crippen molar-refractivity contribution < 1.29 is 13.2 Å². The molecule has 0 radical (unpaired) electrons. The largest absolute Gasteiger partial charge is 0.497 e. The Labute approximate surface area is 156 Å². The highest BCUT2D eigenvalue weighted by Crippen LogP contribution is 2.22. The van der Waals surface area contributed by atoms with Crippen LogP contribution in [0.5, 0.6) is 5.75 Å². The zero-order valence-electron chi connectivity index (χ0n) is 15.7. The van der Waals surface area contributed by atoms with Gasteiger partial charge in [-0.1, -0.05) is 6.07 Å². The molecule has 0 spiro atoms. The number of guanidine groups is 1. The molecule has 1 saturated heterocycles. The van der Waals surface area contributed by atoms with E-state index in [-0.39, 0.29) is 0 Å². The molecule has 2 rings (SSSR count). The summed E-state index contributed by atoms with van der Waals surface area (Å²) in [6.07, 6.45) is 1.87. The highest BCUT2D eigenvalue weighted by molar-refractivity contribution is 7.88. The molecule has 26 heavy (non-hydrogen) atoms. The van der Waals surface area contributed by atoms with E-state index >= 15 is 0 Å². The second kappa shape index (κ2) is 9.63. The number of hydrogen-bond acceptors (Lipinski definition) is 5. The van der Waals surface area contributed by atoms with Crippen LogP contribution in [-0.4, -0.2) is 79.0 Å². The number of ether oxygens (including phenoxy) is 1. The van der Waals surface area contributed by atoms with E-state index in [9.17, 15) is 8.42 Å². The van der Waals surface area contributed by atoms with Crippen LogP contribution in [0, 0.1) is 0 Å². The monoisotopic (exact) mass is 383 g/mol. The van der Waals surface area contributed by atoms with Crippen LogP contribution in [-0.2, 0) is 10.0 Å². The molecule has 1 aromatic carbocycles. The molecule has 0 aliphatic carbocycles. The molecule has 1 aromatic rings. The molecule has 9 heteroatoms. The fourth-order valence-corrected chi connectivity index (χ4v) is 3.38. The Morgan fingerprint density at radius 3 is 2.58 bits per heavy atom. The highest BCUT2D eigenvalue weighted by atomic mass is 32.2. The van der Waals surface area contributed by atoms with Gasteiger partial charge in [0.1, 0.15) is 5.75 Å². The van der Waals surface area contributed by atoms with Crippen molar-refractivity contribution in [2.24, 2.45) is 4.99 Å². The van der Waals surface area contributed by atoms with Gasteiger partial charge in [0.25, 0.3) is 0 Å². The van der Waals surface area contributed by atoms with Gasteiger partial charge in [0.2, 0.25) is 10.0 Å². The van der Waals surface area contributed by atoms with Crippen LogP contribution in [0.2, 0.25) is 0 Å². The zero-order chi connectivity index (χ0) is 19.0. The lowest BCUT2D eigenvalue weighted by Crippen LogP contribution is -2.52. The highest BCUT2D eigenvalue weighted by Gasteiger charge is 2.19. The first-order chi connectivity index (χ1) is 12.4. The fraction of sp³-hybridized carbons (Fsp3) is 0.588. The summed E-state index contributed by atoms with van der Waals surface area (Å²) in [6.45, 7) is 4.65.